The molecule has 4 rings (SSSR count). The molecule has 1 aromatic carbocycles. The molecule has 0 aliphatic heterocycles. The molecule has 0 unspecified atom stereocenters. The van der Waals surface area contributed by atoms with Crippen molar-refractivity contribution in [3.05, 3.63) is 33.8 Å². The molecular weight excluding hydrogens is 439 g/mol. The summed E-state index contributed by atoms with van der Waals surface area (Å²) in [7, 11) is 0. The summed E-state index contributed by atoms with van der Waals surface area (Å²) >= 11 is 12.0. The van der Waals surface area contributed by atoms with Crippen LogP contribution in [0.15, 0.2) is 18.2 Å². The summed E-state index contributed by atoms with van der Waals surface area (Å²) in [5, 5.41) is 0.858. The van der Waals surface area contributed by atoms with Gasteiger partial charge in [-0.25, -0.2) is 4.79 Å². The zero-order chi connectivity index (χ0) is 22.5. The lowest BCUT2D eigenvalue weighted by Gasteiger charge is -2.41. The molecule has 4 heteroatoms. The molecule has 0 radical (unpaired) electrons. The molecule has 0 bridgehead atoms. The molecule has 178 valence electrons. The maximum Gasteiger partial charge on any atom is 0.338 e. The highest BCUT2D eigenvalue weighted by Crippen LogP contribution is 2.46. The molecule has 1 aromatic rings. The molecule has 0 aromatic heterocycles. The second-order valence-electron chi connectivity index (χ2n) is 10.8. The predicted molar refractivity (Wildman–Crippen MR) is 133 cm³/mol. The van der Waals surface area contributed by atoms with Gasteiger partial charge in [0, 0.05) is 0 Å². The highest BCUT2D eigenvalue weighted by atomic mass is 35.5. The SMILES string of the molecule is CCC[C@H]1CC[C@H]([C@H]2CC[C@H]([C@H]3CC[C@H](OC(=O)c4ccc(Cl)c(Cl)c4)CC3)CC2)CC1. The standard InChI is InChI=1S/C28H40Cl2O2/c1-2-3-19-4-6-20(7-5-19)21-8-10-22(11-9-21)23-12-15-25(16-13-23)32-28(31)24-14-17-26(29)27(30)18-24/h14,17-23,25H,2-13,15-16H2,1H3/t19-,20-,21-,22-,23-,25-. The van der Waals surface area contributed by atoms with Crippen LogP contribution in [0.4, 0.5) is 0 Å². The Morgan fingerprint density at radius 2 is 1.28 bits per heavy atom. The second-order valence-corrected chi connectivity index (χ2v) is 11.6. The van der Waals surface area contributed by atoms with Crippen LogP contribution in [0.3, 0.4) is 0 Å². The maximum atomic E-state index is 12.5. The Hall–Kier alpha value is -0.730. The minimum atomic E-state index is -0.277. The molecule has 2 nitrogen and oxygen atoms in total. The smallest absolute Gasteiger partial charge is 0.338 e. The highest BCUT2D eigenvalue weighted by molar-refractivity contribution is 6.42. The van der Waals surface area contributed by atoms with Gasteiger partial charge in [-0.3, -0.25) is 0 Å². The number of halogens is 2. The first kappa shape index (κ1) is 24.4. The van der Waals surface area contributed by atoms with Gasteiger partial charge in [-0.1, -0.05) is 55.8 Å². The third-order valence-corrected chi connectivity index (χ3v) is 9.63. The van der Waals surface area contributed by atoms with Crippen molar-refractivity contribution in [2.75, 3.05) is 0 Å². The first-order chi connectivity index (χ1) is 15.5. The molecule has 32 heavy (non-hydrogen) atoms. The van der Waals surface area contributed by atoms with E-state index in [1.807, 2.05) is 0 Å². The van der Waals surface area contributed by atoms with E-state index in [0.717, 1.165) is 42.4 Å². The van der Waals surface area contributed by atoms with Crippen molar-refractivity contribution in [2.45, 2.75) is 103 Å². The van der Waals surface area contributed by atoms with Crippen molar-refractivity contribution in [1.82, 2.24) is 0 Å². The van der Waals surface area contributed by atoms with Crippen molar-refractivity contribution < 1.29 is 9.53 Å². The number of carbonyl (C=O) groups excluding carboxylic acids is 1. The van der Waals surface area contributed by atoms with Gasteiger partial charge in [-0.15, -0.1) is 0 Å². The highest BCUT2D eigenvalue weighted by Gasteiger charge is 2.35. The van der Waals surface area contributed by atoms with Crippen molar-refractivity contribution in [3.63, 3.8) is 0 Å². The Balaban J connectivity index is 1.17. The molecule has 3 aliphatic rings. The number of esters is 1. The molecule has 3 fully saturated rings. The van der Waals surface area contributed by atoms with Gasteiger partial charge in [-0.2, -0.15) is 0 Å². The van der Waals surface area contributed by atoms with Gasteiger partial charge in [0.05, 0.1) is 15.6 Å². The Bertz CT molecular complexity index is 740. The topological polar surface area (TPSA) is 26.3 Å². The molecular formula is C28H40Cl2O2. The summed E-state index contributed by atoms with van der Waals surface area (Å²) in [6, 6.07) is 4.95. The van der Waals surface area contributed by atoms with E-state index in [-0.39, 0.29) is 12.1 Å². The van der Waals surface area contributed by atoms with Gasteiger partial charge in [0.1, 0.15) is 6.10 Å². The lowest BCUT2D eigenvalue weighted by Crippen LogP contribution is -2.31. The lowest BCUT2D eigenvalue weighted by molar-refractivity contribution is 0.00997. The van der Waals surface area contributed by atoms with Crippen molar-refractivity contribution in [1.29, 1.82) is 0 Å². The molecule has 0 atom stereocenters. The summed E-state index contributed by atoms with van der Waals surface area (Å²) in [5.74, 6) is 4.48. The predicted octanol–water partition coefficient (Wildman–Crippen LogP) is 9.12. The third-order valence-electron chi connectivity index (χ3n) is 8.89. The first-order valence-electron chi connectivity index (χ1n) is 13.2. The molecule has 0 spiro atoms. The zero-order valence-corrected chi connectivity index (χ0v) is 21.2. The lowest BCUT2D eigenvalue weighted by atomic mass is 9.65. The molecule has 3 aliphatic carbocycles. The van der Waals surface area contributed by atoms with E-state index in [1.54, 1.807) is 18.2 Å². The van der Waals surface area contributed by atoms with E-state index < -0.39 is 0 Å². The summed E-state index contributed by atoms with van der Waals surface area (Å²) in [4.78, 5) is 12.5. The number of benzene rings is 1. The van der Waals surface area contributed by atoms with E-state index in [2.05, 4.69) is 6.92 Å². The Labute approximate surface area is 204 Å². The number of hydrogen-bond donors (Lipinski definition) is 0. The van der Waals surface area contributed by atoms with E-state index in [0.29, 0.717) is 15.6 Å². The number of hydrogen-bond acceptors (Lipinski definition) is 2. The summed E-state index contributed by atoms with van der Waals surface area (Å²) < 4.78 is 5.79. The summed E-state index contributed by atoms with van der Waals surface area (Å²) in [5.41, 5.74) is 0.489. The minimum absolute atomic E-state index is 0.0443. The average Bonchev–Trinajstić information content (AvgIpc) is 2.82. The fraction of sp³-hybridized carbons (Fsp3) is 0.750. The fourth-order valence-corrected chi connectivity index (χ4v) is 7.26. The van der Waals surface area contributed by atoms with E-state index in [9.17, 15) is 4.79 Å². The monoisotopic (exact) mass is 478 g/mol. The van der Waals surface area contributed by atoms with Gasteiger partial charge in [0.25, 0.3) is 0 Å². The van der Waals surface area contributed by atoms with E-state index >= 15 is 0 Å². The molecule has 3 saturated carbocycles. The first-order valence-corrected chi connectivity index (χ1v) is 13.9. The van der Waals surface area contributed by atoms with Crippen LogP contribution >= 0.6 is 23.2 Å². The Morgan fingerprint density at radius 1 is 0.781 bits per heavy atom. The van der Waals surface area contributed by atoms with Crippen molar-refractivity contribution in [3.8, 4) is 0 Å². The minimum Gasteiger partial charge on any atom is -0.459 e. The van der Waals surface area contributed by atoms with Crippen LogP contribution in [-0.2, 0) is 4.74 Å². The Kier molecular flexibility index (Phi) is 8.85. The second kappa shape index (κ2) is 11.6. The van der Waals surface area contributed by atoms with E-state index in [4.69, 9.17) is 27.9 Å². The summed E-state index contributed by atoms with van der Waals surface area (Å²) in [6.45, 7) is 2.33. The van der Waals surface area contributed by atoms with Crippen LogP contribution in [0.1, 0.15) is 107 Å². The number of carbonyl (C=O) groups is 1. The van der Waals surface area contributed by atoms with Crippen LogP contribution in [-0.4, -0.2) is 12.1 Å². The average molecular weight is 480 g/mol. The molecule has 0 heterocycles. The van der Waals surface area contributed by atoms with Crippen LogP contribution in [0.5, 0.6) is 0 Å². The van der Waals surface area contributed by atoms with E-state index in [1.165, 1.54) is 77.0 Å². The third kappa shape index (κ3) is 6.23. The van der Waals surface area contributed by atoms with Gasteiger partial charge in [-0.05, 0) is 112 Å². The maximum absolute atomic E-state index is 12.5. The van der Waals surface area contributed by atoms with Crippen LogP contribution in [0.25, 0.3) is 0 Å². The van der Waals surface area contributed by atoms with Crippen molar-refractivity contribution >= 4 is 29.2 Å². The van der Waals surface area contributed by atoms with Crippen LogP contribution in [0, 0.1) is 29.6 Å². The number of rotatable bonds is 6. The zero-order valence-electron chi connectivity index (χ0n) is 19.7. The molecule has 0 amide bonds. The quantitative estimate of drug-likeness (QED) is 0.380. The Morgan fingerprint density at radius 3 is 1.78 bits per heavy atom. The van der Waals surface area contributed by atoms with Gasteiger partial charge in [0.15, 0.2) is 0 Å². The fourth-order valence-electron chi connectivity index (χ4n) is 6.96. The van der Waals surface area contributed by atoms with Crippen molar-refractivity contribution in [2.24, 2.45) is 29.6 Å². The normalized spacial score (nSPS) is 33.6. The largest absolute Gasteiger partial charge is 0.459 e. The van der Waals surface area contributed by atoms with Gasteiger partial charge < -0.3 is 4.74 Å². The van der Waals surface area contributed by atoms with Gasteiger partial charge in [0.2, 0.25) is 0 Å². The molecule has 0 N–H and O–H groups in total. The van der Waals surface area contributed by atoms with Crippen LogP contribution < -0.4 is 0 Å². The van der Waals surface area contributed by atoms with Crippen LogP contribution in [0.2, 0.25) is 10.0 Å². The van der Waals surface area contributed by atoms with Gasteiger partial charge >= 0.3 is 5.97 Å². The number of ether oxygens (including phenoxy) is 1. The molecule has 0 saturated heterocycles. The summed E-state index contributed by atoms with van der Waals surface area (Å²) in [6.07, 6.45) is 19.0.